The van der Waals surface area contributed by atoms with E-state index in [1.807, 2.05) is 41.5 Å². The number of likely N-dealkylation sites (tertiary alicyclic amines) is 3. The summed E-state index contributed by atoms with van der Waals surface area (Å²) in [6, 6.07) is -3.20. The number of hydrogen-bond acceptors (Lipinski definition) is 12. The van der Waals surface area contributed by atoms with Crippen molar-refractivity contribution in [3.63, 3.8) is 0 Å². The van der Waals surface area contributed by atoms with Crippen molar-refractivity contribution in [2.75, 3.05) is 39.5 Å². The molecule has 3 aliphatic rings. The maximum atomic E-state index is 13.3. The Morgan fingerprint density at radius 3 is 1.02 bits per heavy atom. The van der Waals surface area contributed by atoms with Gasteiger partial charge in [0.1, 0.15) is 18.1 Å². The molecule has 3 saturated heterocycles. The van der Waals surface area contributed by atoms with Crippen molar-refractivity contribution in [2.24, 2.45) is 17.8 Å². The van der Waals surface area contributed by atoms with Gasteiger partial charge in [0.2, 0.25) is 0 Å². The van der Waals surface area contributed by atoms with Crippen LogP contribution in [-0.2, 0) is 42.6 Å². The van der Waals surface area contributed by atoms with Crippen molar-refractivity contribution in [1.29, 1.82) is 0 Å². The Morgan fingerprint density at radius 1 is 0.522 bits per heavy atom. The number of ether oxygens (including phenoxy) is 3. The molecule has 0 radical (unpaired) electrons. The van der Waals surface area contributed by atoms with Gasteiger partial charge in [-0.2, -0.15) is 0 Å². The van der Waals surface area contributed by atoms with Crippen LogP contribution in [0.15, 0.2) is 0 Å². The molecule has 0 aliphatic carbocycles. The molecule has 16 heteroatoms. The van der Waals surface area contributed by atoms with Gasteiger partial charge in [0.15, 0.2) is 0 Å². The molecule has 258 valence electrons. The van der Waals surface area contributed by atoms with Gasteiger partial charge in [-0.15, -0.1) is 0 Å². The summed E-state index contributed by atoms with van der Waals surface area (Å²) in [5, 5.41) is 0. The van der Waals surface area contributed by atoms with Gasteiger partial charge in [0, 0.05) is 19.6 Å². The number of rotatable bonds is 12. The second-order valence-electron chi connectivity index (χ2n) is 13.1. The van der Waals surface area contributed by atoms with Gasteiger partial charge in [-0.25, -0.2) is 14.4 Å². The van der Waals surface area contributed by atoms with E-state index in [4.69, 9.17) is 28.2 Å². The van der Waals surface area contributed by atoms with Crippen LogP contribution in [0.3, 0.4) is 0 Å². The highest BCUT2D eigenvalue weighted by Gasteiger charge is 2.48. The lowest BCUT2D eigenvalue weighted by atomic mass is 10.1. The summed E-state index contributed by atoms with van der Waals surface area (Å²) in [5.41, 5.74) is 0. The van der Waals surface area contributed by atoms with Gasteiger partial charge in [-0.3, -0.25) is 29.1 Å². The molecule has 0 saturated carbocycles. The summed E-state index contributed by atoms with van der Waals surface area (Å²) in [6.07, 6.45) is 0.148. The van der Waals surface area contributed by atoms with Gasteiger partial charge in [-0.05, 0) is 56.3 Å². The number of carbonyl (C=O) groups is 6. The van der Waals surface area contributed by atoms with Crippen LogP contribution in [0.1, 0.15) is 80.1 Å². The topological polar surface area (TPSA) is 168 Å². The largest absolute Gasteiger partial charge is 0.870 e. The molecule has 0 aromatic rings. The number of hydrogen-bond donors (Lipinski definition) is 0. The zero-order valence-electron chi connectivity index (χ0n) is 27.8. The average molecular weight is 654 g/mol. The van der Waals surface area contributed by atoms with Gasteiger partial charge in [0.25, 0.3) is 0 Å². The van der Waals surface area contributed by atoms with Crippen LogP contribution in [0, 0.1) is 17.8 Å². The van der Waals surface area contributed by atoms with Crippen LogP contribution in [-0.4, -0.2) is 116 Å². The Kier molecular flexibility index (Phi) is 13.8. The van der Waals surface area contributed by atoms with Crippen molar-refractivity contribution in [2.45, 2.75) is 98.2 Å². The molecule has 3 aliphatic heterocycles. The highest BCUT2D eigenvalue weighted by atomic mass is 16.8. The third-order valence-corrected chi connectivity index (χ3v) is 7.54. The van der Waals surface area contributed by atoms with Crippen LogP contribution < -0.4 is 0 Å². The number of amides is 3. The molecule has 46 heavy (non-hydrogen) atoms. The van der Waals surface area contributed by atoms with E-state index in [0.717, 1.165) is 0 Å². The summed E-state index contributed by atoms with van der Waals surface area (Å²) < 4.78 is 32.1. The Bertz CT molecular complexity index is 970. The molecule has 3 heterocycles. The van der Waals surface area contributed by atoms with E-state index in [0.29, 0.717) is 19.3 Å². The fraction of sp³-hybridized carbons (Fsp3) is 0.800. The first kappa shape index (κ1) is 36.7. The third-order valence-electron chi connectivity index (χ3n) is 7.54. The summed E-state index contributed by atoms with van der Waals surface area (Å²) >= 11 is 0. The zero-order chi connectivity index (χ0) is 34.0. The molecule has 0 aromatic heterocycles. The Morgan fingerprint density at radius 2 is 0.783 bits per heavy atom. The lowest BCUT2D eigenvalue weighted by molar-refractivity contribution is -0.153. The smallest absolute Gasteiger partial charge is 0.460 e. The van der Waals surface area contributed by atoms with Gasteiger partial charge in [0.05, 0.1) is 19.8 Å². The fourth-order valence-corrected chi connectivity index (χ4v) is 5.25. The fourth-order valence-electron chi connectivity index (χ4n) is 5.25. The second-order valence-corrected chi connectivity index (χ2v) is 13.1. The van der Waals surface area contributed by atoms with E-state index in [9.17, 15) is 28.8 Å². The zero-order valence-corrected chi connectivity index (χ0v) is 27.8. The van der Waals surface area contributed by atoms with E-state index >= 15 is 0 Å². The average Bonchev–Trinajstić information content (AvgIpc) is 3.78. The lowest BCUT2D eigenvalue weighted by Crippen LogP contribution is -2.50. The minimum Gasteiger partial charge on any atom is -0.460 e. The molecular formula is C30H48BN3O12. The molecule has 3 atom stereocenters. The van der Waals surface area contributed by atoms with Crippen LogP contribution in [0.4, 0.5) is 14.4 Å². The lowest BCUT2D eigenvalue weighted by Gasteiger charge is -2.27. The molecule has 0 aromatic carbocycles. The van der Waals surface area contributed by atoms with E-state index in [1.165, 1.54) is 14.7 Å². The SMILES string of the molecule is CC(C)COC(=O)N1CCC[C@H]1C(=O)OB(OC(=O)[C@@H]1CCCN1C(=O)OCC(C)C)OC(=O)[C@@H]1CCCN1C(=O)OCC(C)C. The maximum Gasteiger partial charge on any atom is 0.870 e. The predicted octanol–water partition coefficient (Wildman–Crippen LogP) is 3.37. The van der Waals surface area contributed by atoms with E-state index in [1.54, 1.807) is 0 Å². The van der Waals surface area contributed by atoms with Crippen molar-refractivity contribution in [3.8, 4) is 0 Å². The number of carbonyl (C=O) groups excluding carboxylic acids is 6. The minimum absolute atomic E-state index is 0.0794. The first-order valence-electron chi connectivity index (χ1n) is 16.2. The van der Waals surface area contributed by atoms with Crippen LogP contribution in [0.2, 0.25) is 0 Å². The van der Waals surface area contributed by atoms with Crippen molar-refractivity contribution < 1.29 is 56.9 Å². The van der Waals surface area contributed by atoms with Crippen LogP contribution >= 0.6 is 0 Å². The quantitative estimate of drug-likeness (QED) is 0.223. The molecule has 15 nitrogen and oxygen atoms in total. The van der Waals surface area contributed by atoms with Crippen molar-refractivity contribution in [1.82, 2.24) is 14.7 Å². The number of nitrogens with zero attached hydrogens (tertiary/aromatic N) is 3. The summed E-state index contributed by atoms with van der Waals surface area (Å²) in [7, 11) is -2.15. The second kappa shape index (κ2) is 17.3. The molecule has 3 fully saturated rings. The third kappa shape index (κ3) is 10.4. The monoisotopic (exact) mass is 653 g/mol. The molecule has 0 spiro atoms. The first-order valence-corrected chi connectivity index (χ1v) is 16.2. The summed E-state index contributed by atoms with van der Waals surface area (Å²) in [6.45, 7) is 12.5. The minimum atomic E-state index is -2.15. The Balaban J connectivity index is 1.75. The van der Waals surface area contributed by atoms with Gasteiger partial charge < -0.3 is 28.2 Å². The maximum absolute atomic E-state index is 13.3. The van der Waals surface area contributed by atoms with Gasteiger partial charge in [-0.1, -0.05) is 41.5 Å². The molecule has 3 amide bonds. The summed E-state index contributed by atoms with van der Waals surface area (Å²) in [4.78, 5) is 81.7. The molecule has 0 bridgehead atoms. The summed E-state index contributed by atoms with van der Waals surface area (Å²) in [5.74, 6) is -2.67. The normalized spacial score (nSPS) is 21.1. The van der Waals surface area contributed by atoms with Crippen molar-refractivity contribution in [3.05, 3.63) is 0 Å². The predicted molar refractivity (Wildman–Crippen MR) is 162 cm³/mol. The van der Waals surface area contributed by atoms with E-state index in [-0.39, 0.29) is 76.5 Å². The van der Waals surface area contributed by atoms with Gasteiger partial charge >= 0.3 is 43.5 Å². The molecular weight excluding hydrogens is 605 g/mol. The molecule has 0 N–H and O–H groups in total. The molecule has 0 unspecified atom stereocenters. The highest BCUT2D eigenvalue weighted by molar-refractivity contribution is 6.44. The highest BCUT2D eigenvalue weighted by Crippen LogP contribution is 2.24. The molecule has 3 rings (SSSR count). The van der Waals surface area contributed by atoms with Crippen molar-refractivity contribution >= 4 is 43.5 Å². The Labute approximate surface area is 270 Å². The van der Waals surface area contributed by atoms with E-state index < -0.39 is 61.6 Å². The van der Waals surface area contributed by atoms with E-state index in [2.05, 4.69) is 0 Å². The Hall–Kier alpha value is -3.72. The van der Waals surface area contributed by atoms with Crippen LogP contribution in [0.5, 0.6) is 0 Å². The first-order chi connectivity index (χ1) is 21.8. The standard InChI is InChI=1S/C30H48BN3O12/c1-19(2)16-41-28(38)32-13-7-10-22(32)25(35)44-31(45-26(36)23-11-8-14-33(23)29(39)42-17-20(3)4)46-27(37)24-12-9-15-34(24)30(40)43-18-21(5)6/h19-24H,7-18H2,1-6H3/t22-,23-,24-/m0/s1. The van der Waals surface area contributed by atoms with Crippen LogP contribution in [0.25, 0.3) is 0 Å².